The van der Waals surface area contributed by atoms with Gasteiger partial charge in [0.2, 0.25) is 5.91 Å². The Balaban J connectivity index is 1.87. The Morgan fingerprint density at radius 3 is 2.90 bits per heavy atom. The molecule has 0 spiro atoms. The third-order valence-corrected chi connectivity index (χ3v) is 4.43. The van der Waals surface area contributed by atoms with Gasteiger partial charge in [0.15, 0.2) is 0 Å². The van der Waals surface area contributed by atoms with E-state index in [-0.39, 0.29) is 11.9 Å². The van der Waals surface area contributed by atoms with Crippen LogP contribution in [0.25, 0.3) is 0 Å². The molecule has 3 nitrogen and oxygen atoms in total. The van der Waals surface area contributed by atoms with E-state index in [1.807, 2.05) is 13.0 Å². The maximum atomic E-state index is 12.0. The zero-order chi connectivity index (χ0) is 14.5. The van der Waals surface area contributed by atoms with Gasteiger partial charge >= 0.3 is 0 Å². The average Bonchev–Trinajstić information content (AvgIpc) is 2.42. The van der Waals surface area contributed by atoms with Crippen LogP contribution in [-0.2, 0) is 4.79 Å². The summed E-state index contributed by atoms with van der Waals surface area (Å²) in [6.45, 7) is 3.96. The van der Waals surface area contributed by atoms with Crippen molar-refractivity contribution in [3.8, 4) is 0 Å². The van der Waals surface area contributed by atoms with Crippen LogP contribution in [0.15, 0.2) is 18.2 Å². The lowest BCUT2D eigenvalue weighted by Crippen LogP contribution is -2.35. The zero-order valence-electron chi connectivity index (χ0n) is 11.6. The first-order chi connectivity index (χ1) is 9.56. The maximum absolute atomic E-state index is 12.0. The van der Waals surface area contributed by atoms with Crippen LogP contribution in [0.3, 0.4) is 0 Å². The van der Waals surface area contributed by atoms with E-state index in [1.54, 1.807) is 12.1 Å². The minimum Gasteiger partial charge on any atom is -0.350 e. The summed E-state index contributed by atoms with van der Waals surface area (Å²) in [4.78, 5) is 12.0. The van der Waals surface area contributed by atoms with Gasteiger partial charge in [-0.1, -0.05) is 29.3 Å². The molecule has 5 heteroatoms. The average molecular weight is 315 g/mol. The van der Waals surface area contributed by atoms with Gasteiger partial charge in [0.05, 0.1) is 16.1 Å². The smallest absolute Gasteiger partial charge is 0.220 e. The van der Waals surface area contributed by atoms with Gasteiger partial charge in [0.1, 0.15) is 0 Å². The van der Waals surface area contributed by atoms with Gasteiger partial charge in [-0.15, -0.1) is 0 Å². The fourth-order valence-corrected chi connectivity index (χ4v) is 2.83. The van der Waals surface area contributed by atoms with Crippen molar-refractivity contribution in [2.24, 2.45) is 5.92 Å². The predicted octanol–water partition coefficient (Wildman–Crippen LogP) is 3.56. The van der Waals surface area contributed by atoms with E-state index in [2.05, 4.69) is 10.6 Å². The van der Waals surface area contributed by atoms with Crippen LogP contribution in [0.1, 0.15) is 37.8 Å². The van der Waals surface area contributed by atoms with Gasteiger partial charge in [-0.05, 0) is 56.5 Å². The van der Waals surface area contributed by atoms with Gasteiger partial charge in [0.25, 0.3) is 0 Å². The number of nitrogens with one attached hydrogen (secondary N) is 2. The molecule has 1 aromatic carbocycles. The molecule has 0 aromatic heterocycles. The molecular formula is C15H20Cl2N2O. The molecule has 2 rings (SSSR count). The second-order valence-corrected chi connectivity index (χ2v) is 6.19. The molecule has 2 unspecified atom stereocenters. The number of hydrogen-bond donors (Lipinski definition) is 2. The minimum absolute atomic E-state index is 0.0613. The van der Waals surface area contributed by atoms with Crippen LogP contribution in [0, 0.1) is 5.92 Å². The summed E-state index contributed by atoms with van der Waals surface area (Å²) >= 11 is 11.9. The molecule has 1 aliphatic rings. The maximum Gasteiger partial charge on any atom is 0.220 e. The highest BCUT2D eigenvalue weighted by Gasteiger charge is 2.18. The van der Waals surface area contributed by atoms with Crippen molar-refractivity contribution in [3.05, 3.63) is 33.8 Å². The van der Waals surface area contributed by atoms with E-state index in [4.69, 9.17) is 23.2 Å². The molecule has 2 N–H and O–H groups in total. The summed E-state index contributed by atoms with van der Waals surface area (Å²) < 4.78 is 0. The van der Waals surface area contributed by atoms with Gasteiger partial charge in [-0.2, -0.15) is 0 Å². The van der Waals surface area contributed by atoms with Gasteiger partial charge in [-0.3, -0.25) is 4.79 Å². The lowest BCUT2D eigenvalue weighted by molar-refractivity contribution is -0.122. The minimum atomic E-state index is -0.0613. The first kappa shape index (κ1) is 15.6. The molecule has 1 aliphatic heterocycles. The first-order valence-electron chi connectivity index (χ1n) is 7.01. The van der Waals surface area contributed by atoms with E-state index >= 15 is 0 Å². The Kier molecular flexibility index (Phi) is 5.70. The van der Waals surface area contributed by atoms with Crippen molar-refractivity contribution in [3.63, 3.8) is 0 Å². The van der Waals surface area contributed by atoms with E-state index in [0.29, 0.717) is 22.4 Å². The molecule has 20 heavy (non-hydrogen) atoms. The topological polar surface area (TPSA) is 41.1 Å². The largest absolute Gasteiger partial charge is 0.350 e. The summed E-state index contributed by atoms with van der Waals surface area (Å²) in [5.74, 6) is 0.544. The molecule has 0 bridgehead atoms. The van der Waals surface area contributed by atoms with Crippen molar-refractivity contribution < 1.29 is 4.79 Å². The summed E-state index contributed by atoms with van der Waals surface area (Å²) in [6.07, 6.45) is 2.86. The zero-order valence-corrected chi connectivity index (χ0v) is 13.1. The molecule has 0 radical (unpaired) electrons. The Bertz CT molecular complexity index is 473. The van der Waals surface area contributed by atoms with Gasteiger partial charge < -0.3 is 10.6 Å². The number of rotatable bonds is 4. The van der Waals surface area contributed by atoms with Crippen LogP contribution < -0.4 is 10.6 Å². The summed E-state index contributed by atoms with van der Waals surface area (Å²) in [5, 5.41) is 7.39. The van der Waals surface area contributed by atoms with E-state index in [9.17, 15) is 4.79 Å². The lowest BCUT2D eigenvalue weighted by Gasteiger charge is -2.23. The molecule has 1 heterocycles. The highest BCUT2D eigenvalue weighted by molar-refractivity contribution is 6.42. The number of piperidine rings is 1. The predicted molar refractivity (Wildman–Crippen MR) is 83.2 cm³/mol. The summed E-state index contributed by atoms with van der Waals surface area (Å²) in [5.41, 5.74) is 0.967. The first-order valence-corrected chi connectivity index (χ1v) is 7.77. The third kappa shape index (κ3) is 4.37. The standard InChI is InChI=1S/C15H20Cl2N2O/c1-10(12-4-5-13(16)14(17)8-12)19-15(20)7-11-3-2-6-18-9-11/h4-5,8,10-11,18H,2-3,6-7,9H2,1H3,(H,19,20). The SMILES string of the molecule is CC(NC(=O)CC1CCCNC1)c1ccc(Cl)c(Cl)c1. The van der Waals surface area contributed by atoms with Gasteiger partial charge in [0, 0.05) is 6.42 Å². The molecule has 1 aromatic rings. The van der Waals surface area contributed by atoms with Crippen LogP contribution in [-0.4, -0.2) is 19.0 Å². The highest BCUT2D eigenvalue weighted by Crippen LogP contribution is 2.25. The molecule has 1 fully saturated rings. The number of amides is 1. The van der Waals surface area contributed by atoms with E-state index in [0.717, 1.165) is 31.5 Å². The van der Waals surface area contributed by atoms with Crippen molar-refractivity contribution in [2.75, 3.05) is 13.1 Å². The quantitative estimate of drug-likeness (QED) is 0.892. The molecule has 0 aliphatic carbocycles. The van der Waals surface area contributed by atoms with Crippen molar-refractivity contribution >= 4 is 29.1 Å². The monoisotopic (exact) mass is 314 g/mol. The second-order valence-electron chi connectivity index (χ2n) is 5.38. The Labute approximate surface area is 130 Å². The van der Waals surface area contributed by atoms with Crippen LogP contribution in [0.4, 0.5) is 0 Å². The molecule has 1 saturated heterocycles. The molecule has 110 valence electrons. The molecular weight excluding hydrogens is 295 g/mol. The molecule has 1 amide bonds. The fourth-order valence-electron chi connectivity index (χ4n) is 2.53. The van der Waals surface area contributed by atoms with Crippen molar-refractivity contribution in [2.45, 2.75) is 32.2 Å². The summed E-state index contributed by atoms with van der Waals surface area (Å²) in [6, 6.07) is 5.39. The van der Waals surface area contributed by atoms with Crippen molar-refractivity contribution in [1.82, 2.24) is 10.6 Å². The molecule has 2 atom stereocenters. The lowest BCUT2D eigenvalue weighted by atomic mass is 9.95. The van der Waals surface area contributed by atoms with Crippen LogP contribution >= 0.6 is 23.2 Å². The van der Waals surface area contributed by atoms with E-state index in [1.165, 1.54) is 0 Å². The number of carbonyl (C=O) groups is 1. The Morgan fingerprint density at radius 2 is 2.25 bits per heavy atom. The Hall–Kier alpha value is -0.770. The normalized spacial score (nSPS) is 20.4. The van der Waals surface area contributed by atoms with Crippen LogP contribution in [0.2, 0.25) is 10.0 Å². The number of carbonyl (C=O) groups excluding carboxylic acids is 1. The van der Waals surface area contributed by atoms with Crippen molar-refractivity contribution in [1.29, 1.82) is 0 Å². The Morgan fingerprint density at radius 1 is 1.45 bits per heavy atom. The summed E-state index contributed by atoms with van der Waals surface area (Å²) in [7, 11) is 0. The number of hydrogen-bond acceptors (Lipinski definition) is 2. The molecule has 0 saturated carbocycles. The number of benzene rings is 1. The highest BCUT2D eigenvalue weighted by atomic mass is 35.5. The second kappa shape index (κ2) is 7.30. The van der Waals surface area contributed by atoms with Gasteiger partial charge in [-0.25, -0.2) is 0 Å². The fraction of sp³-hybridized carbons (Fsp3) is 0.533. The van der Waals surface area contributed by atoms with E-state index < -0.39 is 0 Å². The third-order valence-electron chi connectivity index (χ3n) is 3.69. The number of halogens is 2. The van der Waals surface area contributed by atoms with Crippen LogP contribution in [0.5, 0.6) is 0 Å².